The van der Waals surface area contributed by atoms with Crippen molar-refractivity contribution in [3.63, 3.8) is 0 Å². The molecule has 0 aromatic carbocycles. The van der Waals surface area contributed by atoms with Crippen LogP contribution in [0.1, 0.15) is 13.8 Å². The van der Waals surface area contributed by atoms with Crippen LogP contribution in [0.25, 0.3) is 0 Å². The predicted molar refractivity (Wildman–Crippen MR) is 40.1 cm³/mol. The van der Waals surface area contributed by atoms with Crippen LogP contribution in [0.3, 0.4) is 0 Å². The van der Waals surface area contributed by atoms with Gasteiger partial charge in [-0.2, -0.15) is 0 Å². The van der Waals surface area contributed by atoms with Crippen LogP contribution >= 0.6 is 0 Å². The Balaban J connectivity index is 3.71. The van der Waals surface area contributed by atoms with E-state index in [1.54, 1.807) is 13.8 Å². The molecule has 4 heteroatoms. The third-order valence-electron chi connectivity index (χ3n) is 0.834. The molecule has 0 heterocycles. The lowest BCUT2D eigenvalue weighted by molar-refractivity contribution is -0.137. The SMILES string of the molecule is CC(C)=CC(=O)NCC(=O)O. The highest BCUT2D eigenvalue weighted by Crippen LogP contribution is 1.86. The lowest BCUT2D eigenvalue weighted by Crippen LogP contribution is -2.27. The Bertz CT molecular complexity index is 192. The summed E-state index contributed by atoms with van der Waals surface area (Å²) in [5.41, 5.74) is 0.841. The minimum absolute atomic E-state index is 0.331. The first-order chi connectivity index (χ1) is 5.02. The normalized spacial score (nSPS) is 8.55. The second-order valence-electron chi connectivity index (χ2n) is 2.33. The Hall–Kier alpha value is -1.32. The summed E-state index contributed by atoms with van der Waals surface area (Å²) in [4.78, 5) is 20.7. The highest BCUT2D eigenvalue weighted by Gasteiger charge is 1.98. The first-order valence-corrected chi connectivity index (χ1v) is 3.17. The smallest absolute Gasteiger partial charge is 0.322 e. The average Bonchev–Trinajstić information content (AvgIpc) is 1.82. The quantitative estimate of drug-likeness (QED) is 0.573. The van der Waals surface area contributed by atoms with Gasteiger partial charge >= 0.3 is 5.97 Å². The highest BCUT2D eigenvalue weighted by molar-refractivity contribution is 5.90. The number of aliphatic carboxylic acids is 1. The van der Waals surface area contributed by atoms with E-state index in [-0.39, 0.29) is 12.5 Å². The molecule has 0 saturated carbocycles. The fourth-order valence-corrected chi connectivity index (χ4v) is 0.476. The fraction of sp³-hybridized carbons (Fsp3) is 0.429. The third-order valence-corrected chi connectivity index (χ3v) is 0.834. The van der Waals surface area contributed by atoms with Crippen molar-refractivity contribution >= 4 is 11.9 Å². The maximum atomic E-state index is 10.7. The predicted octanol–water partition coefficient (Wildman–Crippen LogP) is 0.153. The molecule has 0 unspecified atom stereocenters. The molecular weight excluding hydrogens is 146 g/mol. The van der Waals surface area contributed by atoms with Crippen molar-refractivity contribution in [2.45, 2.75) is 13.8 Å². The molecule has 0 aromatic heterocycles. The molecule has 1 amide bonds. The molecule has 0 saturated heterocycles. The monoisotopic (exact) mass is 157 g/mol. The third kappa shape index (κ3) is 6.57. The van der Waals surface area contributed by atoms with Gasteiger partial charge in [0.25, 0.3) is 0 Å². The number of carbonyl (C=O) groups excluding carboxylic acids is 1. The van der Waals surface area contributed by atoms with Gasteiger partial charge < -0.3 is 10.4 Å². The summed E-state index contributed by atoms with van der Waals surface area (Å²) in [5.74, 6) is -1.41. The molecule has 0 spiro atoms. The van der Waals surface area contributed by atoms with Crippen LogP contribution < -0.4 is 5.32 Å². The van der Waals surface area contributed by atoms with Crippen molar-refractivity contribution in [2.24, 2.45) is 0 Å². The maximum Gasteiger partial charge on any atom is 0.322 e. The first kappa shape index (κ1) is 9.68. The number of carbonyl (C=O) groups is 2. The van der Waals surface area contributed by atoms with E-state index in [0.29, 0.717) is 0 Å². The lowest BCUT2D eigenvalue weighted by atomic mass is 10.3. The van der Waals surface area contributed by atoms with Gasteiger partial charge in [0.2, 0.25) is 5.91 Å². The number of amides is 1. The average molecular weight is 157 g/mol. The van der Waals surface area contributed by atoms with Crippen LogP contribution in [0.4, 0.5) is 0 Å². The van der Waals surface area contributed by atoms with Gasteiger partial charge in [0.15, 0.2) is 0 Å². The summed E-state index contributed by atoms with van der Waals surface area (Å²) in [6.45, 7) is 3.20. The molecule has 0 bridgehead atoms. The number of allylic oxidation sites excluding steroid dienone is 1. The van der Waals surface area contributed by atoms with Crippen LogP contribution in [0.2, 0.25) is 0 Å². The zero-order chi connectivity index (χ0) is 8.85. The molecule has 0 aliphatic heterocycles. The minimum Gasteiger partial charge on any atom is -0.480 e. The Kier molecular flexibility index (Phi) is 3.95. The Morgan fingerprint density at radius 3 is 2.36 bits per heavy atom. The summed E-state index contributed by atoms with van der Waals surface area (Å²) in [7, 11) is 0. The molecule has 0 aliphatic rings. The van der Waals surface area contributed by atoms with Crippen LogP contribution in [0, 0.1) is 0 Å². The van der Waals surface area contributed by atoms with E-state index < -0.39 is 5.97 Å². The van der Waals surface area contributed by atoms with E-state index in [9.17, 15) is 9.59 Å². The van der Waals surface area contributed by atoms with Gasteiger partial charge in [0, 0.05) is 6.08 Å². The second kappa shape index (κ2) is 4.49. The van der Waals surface area contributed by atoms with Gasteiger partial charge in [-0.3, -0.25) is 9.59 Å². The van der Waals surface area contributed by atoms with Crippen molar-refractivity contribution in [2.75, 3.05) is 6.54 Å². The van der Waals surface area contributed by atoms with Crippen LogP contribution in [0.5, 0.6) is 0 Å². The fourth-order valence-electron chi connectivity index (χ4n) is 0.476. The Morgan fingerprint density at radius 2 is 2.00 bits per heavy atom. The Labute approximate surface area is 64.9 Å². The molecule has 2 N–H and O–H groups in total. The van der Waals surface area contributed by atoms with Crippen molar-refractivity contribution in [1.82, 2.24) is 5.32 Å². The topological polar surface area (TPSA) is 66.4 Å². The molecule has 0 rings (SSSR count). The number of hydrogen-bond acceptors (Lipinski definition) is 2. The Morgan fingerprint density at radius 1 is 1.45 bits per heavy atom. The zero-order valence-corrected chi connectivity index (χ0v) is 6.55. The zero-order valence-electron chi connectivity index (χ0n) is 6.55. The summed E-state index contributed by atoms with van der Waals surface area (Å²) < 4.78 is 0. The number of carboxylic acid groups (broad SMARTS) is 1. The molecule has 0 radical (unpaired) electrons. The van der Waals surface area contributed by atoms with Gasteiger partial charge in [-0.05, 0) is 13.8 Å². The van der Waals surface area contributed by atoms with E-state index in [1.807, 2.05) is 0 Å². The molecule has 4 nitrogen and oxygen atoms in total. The number of nitrogens with one attached hydrogen (secondary N) is 1. The van der Waals surface area contributed by atoms with E-state index in [2.05, 4.69) is 5.32 Å². The summed E-state index contributed by atoms with van der Waals surface area (Å²) in [6, 6.07) is 0. The number of rotatable bonds is 3. The molecule has 0 aliphatic carbocycles. The van der Waals surface area contributed by atoms with Gasteiger partial charge in [-0.15, -0.1) is 0 Å². The van der Waals surface area contributed by atoms with Crippen molar-refractivity contribution in [1.29, 1.82) is 0 Å². The van der Waals surface area contributed by atoms with E-state index in [1.165, 1.54) is 6.08 Å². The van der Waals surface area contributed by atoms with E-state index in [0.717, 1.165) is 5.57 Å². The first-order valence-electron chi connectivity index (χ1n) is 3.17. The van der Waals surface area contributed by atoms with Crippen LogP contribution in [0.15, 0.2) is 11.6 Å². The maximum absolute atomic E-state index is 10.7. The summed E-state index contributed by atoms with van der Waals surface area (Å²) in [6.07, 6.45) is 1.35. The number of carboxylic acids is 1. The van der Waals surface area contributed by atoms with E-state index in [4.69, 9.17) is 5.11 Å². The van der Waals surface area contributed by atoms with Crippen molar-refractivity contribution in [3.8, 4) is 0 Å². The second-order valence-corrected chi connectivity index (χ2v) is 2.33. The van der Waals surface area contributed by atoms with Crippen LogP contribution in [-0.4, -0.2) is 23.5 Å². The molecule has 0 aromatic rings. The van der Waals surface area contributed by atoms with E-state index >= 15 is 0 Å². The van der Waals surface area contributed by atoms with Gasteiger partial charge in [-0.1, -0.05) is 5.57 Å². The standard InChI is InChI=1S/C7H11NO3/c1-5(2)3-6(9)8-4-7(10)11/h3H,4H2,1-2H3,(H,8,9)(H,10,11). The van der Waals surface area contributed by atoms with Crippen molar-refractivity contribution < 1.29 is 14.7 Å². The summed E-state index contributed by atoms with van der Waals surface area (Å²) in [5, 5.41) is 10.4. The van der Waals surface area contributed by atoms with Crippen molar-refractivity contribution in [3.05, 3.63) is 11.6 Å². The minimum atomic E-state index is -1.04. The molecule has 62 valence electrons. The van der Waals surface area contributed by atoms with Crippen LogP contribution in [-0.2, 0) is 9.59 Å². The molecule has 11 heavy (non-hydrogen) atoms. The van der Waals surface area contributed by atoms with Gasteiger partial charge in [0.1, 0.15) is 6.54 Å². The molecule has 0 fully saturated rings. The molecule has 0 atom stereocenters. The highest BCUT2D eigenvalue weighted by atomic mass is 16.4. The van der Waals surface area contributed by atoms with Gasteiger partial charge in [-0.25, -0.2) is 0 Å². The molecular formula is C7H11NO3. The summed E-state index contributed by atoms with van der Waals surface area (Å²) >= 11 is 0. The van der Waals surface area contributed by atoms with Gasteiger partial charge in [0.05, 0.1) is 0 Å². The number of hydrogen-bond donors (Lipinski definition) is 2. The lowest BCUT2D eigenvalue weighted by Gasteiger charge is -1.96. The largest absolute Gasteiger partial charge is 0.480 e.